The Balaban J connectivity index is 1.84. The van der Waals surface area contributed by atoms with Crippen molar-refractivity contribution in [1.29, 1.82) is 0 Å². The summed E-state index contributed by atoms with van der Waals surface area (Å²) < 4.78 is -1.76. The van der Waals surface area contributed by atoms with Crippen LogP contribution in [0.15, 0.2) is 18.2 Å². The van der Waals surface area contributed by atoms with E-state index in [1.165, 1.54) is 12.8 Å². The largest absolute Gasteiger partial charge is 0.353 e. The Morgan fingerprint density at radius 1 is 1.00 bits per heavy atom. The zero-order chi connectivity index (χ0) is 18.7. The van der Waals surface area contributed by atoms with Gasteiger partial charge in [-0.25, -0.2) is 4.98 Å². The summed E-state index contributed by atoms with van der Waals surface area (Å²) in [7, 11) is 0. The molecule has 140 valence electrons. The second-order valence-electron chi connectivity index (χ2n) is 5.91. The lowest BCUT2D eigenvalue weighted by atomic mass is 10.2. The molecule has 1 saturated heterocycles. The maximum Gasteiger partial charge on any atom is 0.250 e. The number of rotatable bonds is 5. The van der Waals surface area contributed by atoms with Gasteiger partial charge in [-0.05, 0) is 44.1 Å². The lowest BCUT2D eigenvalue weighted by molar-refractivity contribution is 0.352. The summed E-state index contributed by atoms with van der Waals surface area (Å²) in [6, 6.07) is 5.08. The van der Waals surface area contributed by atoms with Crippen molar-refractivity contribution in [2.24, 2.45) is 0 Å². The van der Waals surface area contributed by atoms with Gasteiger partial charge in [0.1, 0.15) is 0 Å². The summed E-state index contributed by atoms with van der Waals surface area (Å²) in [5.41, 5.74) is 0.653. The molecule has 0 atom stereocenters. The molecular weight excluding hydrogens is 439 g/mol. The molecule has 10 heteroatoms. The topological polar surface area (TPSA) is 53.9 Å². The zero-order valence-electron chi connectivity index (χ0n) is 13.7. The first-order valence-electron chi connectivity index (χ1n) is 8.08. The van der Waals surface area contributed by atoms with Gasteiger partial charge in [0.15, 0.2) is 11.6 Å². The van der Waals surface area contributed by atoms with Crippen molar-refractivity contribution in [3.05, 3.63) is 34.1 Å². The second-order valence-corrected chi connectivity index (χ2v) is 9.00. The molecule has 0 spiro atoms. The summed E-state index contributed by atoms with van der Waals surface area (Å²) >= 11 is 30.0. The lowest BCUT2D eigenvalue weighted by Crippen LogP contribution is -2.26. The molecule has 1 aromatic heterocycles. The van der Waals surface area contributed by atoms with Crippen molar-refractivity contribution in [1.82, 2.24) is 19.9 Å². The molecule has 0 unspecified atom stereocenters. The molecule has 0 aliphatic carbocycles. The van der Waals surface area contributed by atoms with E-state index in [1.54, 1.807) is 18.2 Å². The lowest BCUT2D eigenvalue weighted by Gasteiger charge is -2.16. The molecule has 5 nitrogen and oxygen atoms in total. The van der Waals surface area contributed by atoms with Crippen LogP contribution in [-0.4, -0.2) is 46.0 Å². The van der Waals surface area contributed by atoms with Gasteiger partial charge in [-0.2, -0.15) is 9.97 Å². The number of aromatic nitrogens is 3. The number of nitrogens with one attached hydrogen (secondary N) is 1. The van der Waals surface area contributed by atoms with Gasteiger partial charge in [-0.15, -0.1) is 0 Å². The molecule has 3 rings (SSSR count). The maximum atomic E-state index is 6.09. The van der Waals surface area contributed by atoms with Crippen LogP contribution in [0.25, 0.3) is 11.4 Å². The summed E-state index contributed by atoms with van der Waals surface area (Å²) in [5, 5.41) is 4.01. The van der Waals surface area contributed by atoms with Crippen LogP contribution in [0, 0.1) is 0 Å². The van der Waals surface area contributed by atoms with Gasteiger partial charge >= 0.3 is 0 Å². The molecule has 1 aliphatic rings. The summed E-state index contributed by atoms with van der Waals surface area (Å²) in [6.07, 6.45) is 2.48. The predicted octanol–water partition coefficient (Wildman–Crippen LogP) is 5.18. The number of likely N-dealkylation sites (tertiary alicyclic amines) is 1. The van der Waals surface area contributed by atoms with Crippen LogP contribution in [0.2, 0.25) is 10.0 Å². The van der Waals surface area contributed by atoms with E-state index in [4.69, 9.17) is 58.0 Å². The van der Waals surface area contributed by atoms with Gasteiger partial charge < -0.3 is 10.2 Å². The first-order chi connectivity index (χ1) is 12.3. The van der Waals surface area contributed by atoms with Crippen LogP contribution in [0.4, 0.5) is 5.95 Å². The Morgan fingerprint density at radius 2 is 1.73 bits per heavy atom. The summed E-state index contributed by atoms with van der Waals surface area (Å²) in [6.45, 7) is 3.82. The molecular formula is C16H16Cl5N5. The third kappa shape index (κ3) is 5.24. The van der Waals surface area contributed by atoms with Crippen LogP contribution in [0.1, 0.15) is 18.7 Å². The SMILES string of the molecule is Clc1ccc(-c2nc(NCCN3CCCC3)nc(C(Cl)(Cl)Cl)n2)cc1Cl. The number of benzene rings is 1. The van der Waals surface area contributed by atoms with Gasteiger partial charge in [-0.3, -0.25) is 0 Å². The third-order valence-electron chi connectivity index (χ3n) is 3.98. The van der Waals surface area contributed by atoms with E-state index in [1.807, 2.05) is 0 Å². The maximum absolute atomic E-state index is 6.09. The fraction of sp³-hybridized carbons (Fsp3) is 0.438. The van der Waals surface area contributed by atoms with Gasteiger partial charge in [0.25, 0.3) is 0 Å². The van der Waals surface area contributed by atoms with Crippen molar-refractivity contribution < 1.29 is 0 Å². The monoisotopic (exact) mass is 453 g/mol. The molecule has 0 amide bonds. The molecule has 26 heavy (non-hydrogen) atoms. The van der Waals surface area contributed by atoms with Crippen molar-refractivity contribution in [3.63, 3.8) is 0 Å². The summed E-state index contributed by atoms with van der Waals surface area (Å²) in [5.74, 6) is 0.743. The fourth-order valence-electron chi connectivity index (χ4n) is 2.68. The summed E-state index contributed by atoms with van der Waals surface area (Å²) in [4.78, 5) is 15.3. The minimum atomic E-state index is -1.76. The van der Waals surface area contributed by atoms with E-state index < -0.39 is 3.79 Å². The Hall–Kier alpha value is -0.560. The fourth-order valence-corrected chi connectivity index (χ4v) is 3.23. The Labute approximate surface area is 177 Å². The number of halogens is 5. The number of hydrogen-bond acceptors (Lipinski definition) is 5. The van der Waals surface area contributed by atoms with Crippen LogP contribution in [-0.2, 0) is 3.79 Å². The Kier molecular flexibility index (Phi) is 6.70. The molecule has 1 aliphatic heterocycles. The minimum Gasteiger partial charge on any atom is -0.353 e. The van der Waals surface area contributed by atoms with Crippen LogP contribution >= 0.6 is 58.0 Å². The number of nitrogens with zero attached hydrogens (tertiary/aromatic N) is 4. The van der Waals surface area contributed by atoms with Gasteiger partial charge in [0.2, 0.25) is 9.74 Å². The Bertz CT molecular complexity index is 774. The van der Waals surface area contributed by atoms with Crippen molar-refractivity contribution in [2.45, 2.75) is 16.6 Å². The molecule has 0 saturated carbocycles. The molecule has 0 bridgehead atoms. The number of hydrogen-bond donors (Lipinski definition) is 1. The highest BCUT2D eigenvalue weighted by Crippen LogP contribution is 2.37. The average molecular weight is 456 g/mol. The number of anilines is 1. The smallest absolute Gasteiger partial charge is 0.250 e. The van der Waals surface area contributed by atoms with E-state index in [0.717, 1.165) is 19.6 Å². The van der Waals surface area contributed by atoms with Gasteiger partial charge in [0.05, 0.1) is 10.0 Å². The molecule has 1 aromatic carbocycles. The van der Waals surface area contributed by atoms with Gasteiger partial charge in [0, 0.05) is 18.7 Å². The quantitative estimate of drug-likeness (QED) is 0.630. The van der Waals surface area contributed by atoms with E-state index in [0.29, 0.717) is 33.9 Å². The highest BCUT2D eigenvalue weighted by molar-refractivity contribution is 6.66. The van der Waals surface area contributed by atoms with Crippen molar-refractivity contribution >= 4 is 64.0 Å². The third-order valence-corrected chi connectivity index (χ3v) is 5.22. The normalized spacial score (nSPS) is 15.4. The van der Waals surface area contributed by atoms with Crippen LogP contribution in [0.3, 0.4) is 0 Å². The van der Waals surface area contributed by atoms with E-state index >= 15 is 0 Å². The predicted molar refractivity (Wildman–Crippen MR) is 109 cm³/mol. The van der Waals surface area contributed by atoms with E-state index in [9.17, 15) is 0 Å². The molecule has 2 aromatic rings. The highest BCUT2D eigenvalue weighted by Gasteiger charge is 2.28. The van der Waals surface area contributed by atoms with E-state index in [2.05, 4.69) is 25.2 Å². The van der Waals surface area contributed by atoms with E-state index in [-0.39, 0.29) is 5.82 Å². The average Bonchev–Trinajstić information content (AvgIpc) is 3.10. The second kappa shape index (κ2) is 8.63. The number of alkyl halides is 3. The molecule has 0 radical (unpaired) electrons. The van der Waals surface area contributed by atoms with Gasteiger partial charge in [-0.1, -0.05) is 58.0 Å². The van der Waals surface area contributed by atoms with Crippen molar-refractivity contribution in [2.75, 3.05) is 31.5 Å². The zero-order valence-corrected chi connectivity index (χ0v) is 17.4. The van der Waals surface area contributed by atoms with Crippen molar-refractivity contribution in [3.8, 4) is 11.4 Å². The first-order valence-corrected chi connectivity index (χ1v) is 9.97. The first kappa shape index (κ1) is 20.2. The molecule has 1 fully saturated rings. The Morgan fingerprint density at radius 3 is 2.38 bits per heavy atom. The minimum absolute atomic E-state index is 0.0437. The molecule has 2 heterocycles. The van der Waals surface area contributed by atoms with Crippen LogP contribution < -0.4 is 5.32 Å². The molecule has 1 N–H and O–H groups in total. The highest BCUT2D eigenvalue weighted by atomic mass is 35.6. The standard InChI is InChI=1S/C16H16Cl5N5/c17-11-4-3-10(9-12(11)18)13-23-14(16(19,20)21)25-15(24-13)22-5-8-26-6-1-2-7-26/h3-4,9H,1-2,5-8H2,(H,22,23,24,25). The van der Waals surface area contributed by atoms with Crippen LogP contribution in [0.5, 0.6) is 0 Å².